The summed E-state index contributed by atoms with van der Waals surface area (Å²) in [5, 5.41) is 0.692. The molecule has 1 atom stereocenters. The number of halogens is 1. The second kappa shape index (κ2) is 10.2. The average molecular weight is 465 g/mol. The van der Waals surface area contributed by atoms with Gasteiger partial charge in [0.25, 0.3) is 0 Å². The van der Waals surface area contributed by atoms with E-state index in [0.29, 0.717) is 33.9 Å². The van der Waals surface area contributed by atoms with E-state index in [9.17, 15) is 9.59 Å². The number of para-hydroxylation sites is 1. The third-order valence-corrected chi connectivity index (χ3v) is 5.22. The highest BCUT2D eigenvalue weighted by Crippen LogP contribution is 2.29. The molecule has 0 amide bonds. The van der Waals surface area contributed by atoms with Crippen LogP contribution in [0.25, 0.3) is 11.0 Å². The van der Waals surface area contributed by atoms with E-state index in [2.05, 4.69) is 0 Å². The molecule has 0 saturated heterocycles. The summed E-state index contributed by atoms with van der Waals surface area (Å²) in [5.74, 6) is 0.283. The first kappa shape index (κ1) is 22.4. The van der Waals surface area contributed by atoms with Crippen LogP contribution in [-0.2, 0) is 16.1 Å². The molecule has 0 aliphatic heterocycles. The van der Waals surface area contributed by atoms with Crippen LogP contribution in [0.15, 0.2) is 88.3 Å². The highest BCUT2D eigenvalue weighted by Gasteiger charge is 2.21. The number of ether oxygens (including phenoxy) is 3. The topological polar surface area (TPSA) is 75.0 Å². The smallest absolute Gasteiger partial charge is 0.347 e. The molecular formula is C26H21ClO6. The molecule has 1 heterocycles. The first-order valence-corrected chi connectivity index (χ1v) is 10.8. The molecule has 0 radical (unpaired) electrons. The van der Waals surface area contributed by atoms with Gasteiger partial charge in [0.05, 0.1) is 10.4 Å². The number of hydrogen-bond acceptors (Lipinski definition) is 6. The quantitative estimate of drug-likeness (QED) is 0.291. The van der Waals surface area contributed by atoms with Crippen molar-refractivity contribution < 1.29 is 23.4 Å². The van der Waals surface area contributed by atoms with Gasteiger partial charge in [0.1, 0.15) is 30.0 Å². The van der Waals surface area contributed by atoms with Gasteiger partial charge in [-0.3, -0.25) is 4.79 Å². The summed E-state index contributed by atoms with van der Waals surface area (Å²) >= 11 is 6.10. The van der Waals surface area contributed by atoms with Crippen molar-refractivity contribution in [1.29, 1.82) is 0 Å². The van der Waals surface area contributed by atoms with Crippen molar-refractivity contribution in [2.45, 2.75) is 26.1 Å². The molecule has 0 aliphatic carbocycles. The van der Waals surface area contributed by atoms with Crippen molar-refractivity contribution in [3.63, 3.8) is 0 Å². The Hall–Kier alpha value is -3.77. The van der Waals surface area contributed by atoms with Crippen LogP contribution in [0.5, 0.6) is 17.2 Å². The maximum Gasteiger partial charge on any atom is 0.347 e. The van der Waals surface area contributed by atoms with Crippen molar-refractivity contribution in [2.75, 3.05) is 0 Å². The lowest BCUT2D eigenvalue weighted by atomic mass is 10.2. The molecule has 4 rings (SSSR count). The minimum atomic E-state index is -0.791. The highest BCUT2D eigenvalue weighted by atomic mass is 35.5. The minimum Gasteiger partial charge on any atom is -0.479 e. The first-order chi connectivity index (χ1) is 16.0. The van der Waals surface area contributed by atoms with Gasteiger partial charge in [0.15, 0.2) is 6.10 Å². The molecule has 0 N–H and O–H groups in total. The van der Waals surface area contributed by atoms with E-state index in [1.165, 1.54) is 6.26 Å². The zero-order valence-corrected chi connectivity index (χ0v) is 18.6. The maximum atomic E-state index is 12.8. The zero-order valence-electron chi connectivity index (χ0n) is 17.8. The third-order valence-electron chi connectivity index (χ3n) is 4.91. The van der Waals surface area contributed by atoms with Crippen LogP contribution in [0.3, 0.4) is 0 Å². The fourth-order valence-electron chi connectivity index (χ4n) is 3.16. The lowest BCUT2D eigenvalue weighted by molar-refractivity contribution is -0.153. The van der Waals surface area contributed by atoms with Crippen molar-refractivity contribution in [3.05, 3.63) is 99.9 Å². The summed E-state index contributed by atoms with van der Waals surface area (Å²) in [6.07, 6.45) is 0.851. The van der Waals surface area contributed by atoms with Gasteiger partial charge in [-0.25, -0.2) is 4.79 Å². The molecular weight excluding hydrogens is 444 g/mol. The van der Waals surface area contributed by atoms with E-state index in [1.54, 1.807) is 42.5 Å². The number of benzene rings is 3. The lowest BCUT2D eigenvalue weighted by Gasteiger charge is -2.17. The summed E-state index contributed by atoms with van der Waals surface area (Å²) < 4.78 is 22.4. The zero-order chi connectivity index (χ0) is 23.2. The van der Waals surface area contributed by atoms with Crippen molar-refractivity contribution in [3.8, 4) is 17.2 Å². The molecule has 168 valence electrons. The number of esters is 1. The Bertz CT molecular complexity index is 1320. The predicted octanol–water partition coefficient (Wildman–Crippen LogP) is 6.14. The predicted molar refractivity (Wildman–Crippen MR) is 125 cm³/mol. The highest BCUT2D eigenvalue weighted by molar-refractivity contribution is 6.32. The summed E-state index contributed by atoms with van der Waals surface area (Å²) in [6, 6.07) is 21.0. The van der Waals surface area contributed by atoms with Crippen LogP contribution in [-0.4, -0.2) is 12.1 Å². The second-order valence-electron chi connectivity index (χ2n) is 7.23. The standard InChI is InChI=1S/C26H21ClO6/c1-2-21(26(29)31-15-17-8-4-3-5-9-17)32-18-12-13-19-23(14-18)30-16-24(25(19)28)33-22-11-7-6-10-20(22)27/h3-14,16,21H,2,15H2,1H3/t21-/m0/s1. The van der Waals surface area contributed by atoms with Gasteiger partial charge in [0.2, 0.25) is 11.2 Å². The summed E-state index contributed by atoms with van der Waals surface area (Å²) in [6.45, 7) is 1.99. The average Bonchev–Trinajstić information content (AvgIpc) is 2.84. The molecule has 0 aliphatic rings. The fourth-order valence-corrected chi connectivity index (χ4v) is 3.34. The van der Waals surface area contributed by atoms with Gasteiger partial charge in [-0.1, -0.05) is 61.0 Å². The van der Waals surface area contributed by atoms with Gasteiger partial charge >= 0.3 is 5.97 Å². The van der Waals surface area contributed by atoms with E-state index in [4.69, 9.17) is 30.2 Å². The molecule has 6 nitrogen and oxygen atoms in total. The van der Waals surface area contributed by atoms with Gasteiger partial charge < -0.3 is 18.6 Å². The fraction of sp³-hybridized carbons (Fsp3) is 0.154. The van der Waals surface area contributed by atoms with Crippen LogP contribution < -0.4 is 14.9 Å². The van der Waals surface area contributed by atoms with Crippen LogP contribution in [0.4, 0.5) is 0 Å². The minimum absolute atomic E-state index is 0.0141. The number of carbonyl (C=O) groups excluding carboxylic acids is 1. The van der Waals surface area contributed by atoms with E-state index >= 15 is 0 Å². The Labute approximate surface area is 195 Å². The molecule has 7 heteroatoms. The number of carbonyl (C=O) groups is 1. The molecule has 0 bridgehead atoms. The summed E-state index contributed by atoms with van der Waals surface area (Å²) in [5.41, 5.74) is 0.844. The van der Waals surface area contributed by atoms with Gasteiger partial charge in [-0.2, -0.15) is 0 Å². The lowest BCUT2D eigenvalue weighted by Crippen LogP contribution is -2.28. The molecule has 33 heavy (non-hydrogen) atoms. The van der Waals surface area contributed by atoms with Crippen LogP contribution >= 0.6 is 11.6 Å². The second-order valence-corrected chi connectivity index (χ2v) is 7.63. The maximum absolute atomic E-state index is 12.8. The van der Waals surface area contributed by atoms with Gasteiger partial charge in [-0.05, 0) is 36.2 Å². The van der Waals surface area contributed by atoms with E-state index < -0.39 is 12.1 Å². The summed E-state index contributed by atoms with van der Waals surface area (Å²) in [4.78, 5) is 25.3. The Kier molecular flexibility index (Phi) is 6.95. The largest absolute Gasteiger partial charge is 0.479 e. The SMILES string of the molecule is CC[C@H](Oc1ccc2c(=O)c(Oc3ccccc3Cl)coc2c1)C(=O)OCc1ccccc1. The van der Waals surface area contributed by atoms with Crippen LogP contribution in [0.1, 0.15) is 18.9 Å². The van der Waals surface area contributed by atoms with Crippen molar-refractivity contribution in [1.82, 2.24) is 0 Å². The Morgan fingerprint density at radius 1 is 1.00 bits per heavy atom. The molecule has 3 aromatic carbocycles. The monoisotopic (exact) mass is 464 g/mol. The Morgan fingerprint density at radius 2 is 1.76 bits per heavy atom. The molecule has 0 spiro atoms. The van der Waals surface area contributed by atoms with Crippen LogP contribution in [0.2, 0.25) is 5.02 Å². The molecule has 0 fully saturated rings. The Morgan fingerprint density at radius 3 is 2.52 bits per heavy atom. The van der Waals surface area contributed by atoms with Gasteiger partial charge in [0, 0.05) is 6.07 Å². The van der Waals surface area contributed by atoms with Gasteiger partial charge in [-0.15, -0.1) is 0 Å². The molecule has 0 saturated carbocycles. The number of fused-ring (bicyclic) bond motifs is 1. The molecule has 4 aromatic rings. The van der Waals surface area contributed by atoms with E-state index in [-0.39, 0.29) is 17.8 Å². The Balaban J connectivity index is 1.48. The van der Waals surface area contributed by atoms with Crippen LogP contribution in [0, 0.1) is 0 Å². The van der Waals surface area contributed by atoms with E-state index in [1.807, 2.05) is 37.3 Å². The summed E-state index contributed by atoms with van der Waals surface area (Å²) in [7, 11) is 0. The third kappa shape index (κ3) is 5.35. The van der Waals surface area contributed by atoms with E-state index in [0.717, 1.165) is 5.56 Å². The normalized spacial score (nSPS) is 11.7. The van der Waals surface area contributed by atoms with Crippen molar-refractivity contribution in [2.24, 2.45) is 0 Å². The van der Waals surface area contributed by atoms with Crippen molar-refractivity contribution >= 4 is 28.5 Å². The number of hydrogen-bond donors (Lipinski definition) is 0. The molecule has 1 aromatic heterocycles. The molecule has 0 unspecified atom stereocenters. The number of rotatable bonds is 8. The first-order valence-electron chi connectivity index (χ1n) is 10.4.